The third kappa shape index (κ3) is 6.00. The number of non-ortho nitro benzene ring substituents is 1. The molecule has 3 rings (SSSR count). The number of carbonyl (C=O) groups excluding carboxylic acids is 1. The van der Waals surface area contributed by atoms with Gasteiger partial charge in [0.2, 0.25) is 0 Å². The molecule has 0 fully saturated rings. The predicted octanol–water partition coefficient (Wildman–Crippen LogP) is 5.95. The van der Waals surface area contributed by atoms with Gasteiger partial charge in [-0.05, 0) is 35.9 Å². The molecule has 0 saturated heterocycles. The van der Waals surface area contributed by atoms with E-state index >= 15 is 0 Å². The van der Waals surface area contributed by atoms with Gasteiger partial charge in [0.1, 0.15) is 5.75 Å². The van der Waals surface area contributed by atoms with Crippen LogP contribution < -0.4 is 15.4 Å². The van der Waals surface area contributed by atoms with Gasteiger partial charge in [0.05, 0.1) is 46.6 Å². The number of anilines is 1. The molecule has 0 aliphatic rings. The zero-order valence-corrected chi connectivity index (χ0v) is 18.1. The van der Waals surface area contributed by atoms with E-state index in [1.807, 2.05) is 0 Å². The number of nitrogens with one attached hydrogen (secondary N) is 2. The number of carbonyl (C=O) groups is 1. The largest absolute Gasteiger partial charge is 0.494 e. The van der Waals surface area contributed by atoms with Gasteiger partial charge in [0.25, 0.3) is 5.69 Å². The maximum atomic E-state index is 13.6. The summed E-state index contributed by atoms with van der Waals surface area (Å²) in [4.78, 5) is 26.7. The molecule has 0 spiro atoms. The zero-order chi connectivity index (χ0) is 26.7. The average Bonchev–Trinajstić information content (AvgIpc) is 2.81. The van der Waals surface area contributed by atoms with Crippen LogP contribution in [0.1, 0.15) is 28.4 Å². The van der Waals surface area contributed by atoms with Crippen molar-refractivity contribution in [3.8, 4) is 5.75 Å². The summed E-state index contributed by atoms with van der Waals surface area (Å²) >= 11 is 0. The fraction of sp³-hybridized carbons (Fsp3) is 0.182. The number of nitro groups is 1. The van der Waals surface area contributed by atoms with E-state index in [1.165, 1.54) is 7.11 Å². The van der Waals surface area contributed by atoms with Crippen LogP contribution in [0.2, 0.25) is 0 Å². The van der Waals surface area contributed by atoms with E-state index in [9.17, 15) is 41.3 Å². The average molecular weight is 514 g/mol. The third-order valence-electron chi connectivity index (χ3n) is 4.91. The van der Waals surface area contributed by atoms with Crippen LogP contribution in [0.25, 0.3) is 0 Å². The molecule has 0 bridgehead atoms. The minimum Gasteiger partial charge on any atom is -0.494 e. The van der Waals surface area contributed by atoms with Crippen LogP contribution >= 0.6 is 0 Å². The number of aromatic nitrogens is 1. The lowest BCUT2D eigenvalue weighted by Crippen LogP contribution is -2.35. The second-order valence-corrected chi connectivity index (χ2v) is 7.23. The SMILES string of the molecule is COc1cc([N+](=O)[O-])ccc1NC(=O)N[C@@H](c1ccc(C(F)(F)F)cc1)c1ncccc1C(F)(F)F. The first kappa shape index (κ1) is 26.2. The predicted molar refractivity (Wildman–Crippen MR) is 114 cm³/mol. The standard InChI is InChI=1S/C22H16F6N4O4/c1-36-17-11-14(32(34)35)8-9-16(17)30-20(33)31-18(12-4-6-13(7-5-12)21(23,24)25)19-15(22(26,27)28)3-2-10-29-19/h2-11,18H,1H3,(H2,30,31,33)/t18-/m0/s1. The van der Waals surface area contributed by atoms with Crippen molar-refractivity contribution in [2.45, 2.75) is 18.4 Å². The number of ether oxygens (including phenoxy) is 1. The molecule has 2 N–H and O–H groups in total. The maximum Gasteiger partial charge on any atom is 0.418 e. The molecule has 8 nitrogen and oxygen atoms in total. The van der Waals surface area contributed by atoms with Gasteiger partial charge < -0.3 is 15.4 Å². The Morgan fingerprint density at radius 2 is 1.69 bits per heavy atom. The lowest BCUT2D eigenvalue weighted by atomic mass is 9.98. The second kappa shape index (κ2) is 10.1. The van der Waals surface area contributed by atoms with Gasteiger partial charge in [-0.15, -0.1) is 0 Å². The molecule has 0 aliphatic heterocycles. The summed E-state index contributed by atoms with van der Waals surface area (Å²) in [6, 6.07) is 5.45. The van der Waals surface area contributed by atoms with Gasteiger partial charge >= 0.3 is 18.4 Å². The van der Waals surface area contributed by atoms with Crippen molar-refractivity contribution in [3.63, 3.8) is 0 Å². The molecule has 3 aromatic rings. The van der Waals surface area contributed by atoms with E-state index < -0.39 is 46.2 Å². The number of benzene rings is 2. The number of halogens is 6. The smallest absolute Gasteiger partial charge is 0.418 e. The highest BCUT2D eigenvalue weighted by atomic mass is 19.4. The van der Waals surface area contributed by atoms with Crippen LogP contribution in [0.15, 0.2) is 60.8 Å². The normalized spacial score (nSPS) is 12.5. The number of methoxy groups -OCH3 is 1. The van der Waals surface area contributed by atoms with Crippen molar-refractivity contribution in [3.05, 3.63) is 93.3 Å². The van der Waals surface area contributed by atoms with E-state index in [4.69, 9.17) is 4.74 Å². The van der Waals surface area contributed by atoms with Crippen LogP contribution in [0.4, 0.5) is 42.5 Å². The van der Waals surface area contributed by atoms with E-state index in [2.05, 4.69) is 15.6 Å². The quantitative estimate of drug-likeness (QED) is 0.240. The van der Waals surface area contributed by atoms with E-state index in [-0.39, 0.29) is 22.7 Å². The Balaban J connectivity index is 2.00. The summed E-state index contributed by atoms with van der Waals surface area (Å²) in [5.41, 5.74) is -3.41. The number of urea groups is 1. The topological polar surface area (TPSA) is 106 Å². The number of amides is 2. The van der Waals surface area contributed by atoms with Gasteiger partial charge in [-0.2, -0.15) is 26.3 Å². The molecule has 14 heteroatoms. The Morgan fingerprint density at radius 3 is 2.25 bits per heavy atom. The number of hydrogen-bond acceptors (Lipinski definition) is 5. The van der Waals surface area contributed by atoms with Crippen LogP contribution in [-0.2, 0) is 12.4 Å². The molecule has 1 atom stereocenters. The summed E-state index contributed by atoms with van der Waals surface area (Å²) in [7, 11) is 1.18. The van der Waals surface area contributed by atoms with Crippen molar-refractivity contribution in [1.29, 1.82) is 0 Å². The number of pyridine rings is 1. The first-order valence-corrected chi connectivity index (χ1v) is 9.90. The molecule has 2 amide bonds. The Labute approximate surface area is 199 Å². The van der Waals surface area contributed by atoms with Crippen LogP contribution in [0, 0.1) is 10.1 Å². The van der Waals surface area contributed by atoms with Crippen molar-refractivity contribution in [2.24, 2.45) is 0 Å². The van der Waals surface area contributed by atoms with Crippen molar-refractivity contribution in [1.82, 2.24) is 10.3 Å². The van der Waals surface area contributed by atoms with E-state index in [1.54, 1.807) is 0 Å². The first-order chi connectivity index (χ1) is 16.8. The van der Waals surface area contributed by atoms with Gasteiger partial charge in [0.15, 0.2) is 0 Å². The highest BCUT2D eigenvalue weighted by Gasteiger charge is 2.37. The molecule has 0 radical (unpaired) electrons. The molecular formula is C22H16F6N4O4. The zero-order valence-electron chi connectivity index (χ0n) is 18.1. The summed E-state index contributed by atoms with van der Waals surface area (Å²) in [6.07, 6.45) is -8.53. The molecule has 36 heavy (non-hydrogen) atoms. The van der Waals surface area contributed by atoms with E-state index in [0.717, 1.165) is 48.7 Å². The summed E-state index contributed by atoms with van der Waals surface area (Å²) in [5, 5.41) is 15.5. The minimum absolute atomic E-state index is 0.0520. The first-order valence-electron chi connectivity index (χ1n) is 9.90. The molecule has 2 aromatic carbocycles. The van der Waals surface area contributed by atoms with Crippen molar-refractivity contribution < 1.29 is 40.8 Å². The summed E-state index contributed by atoms with van der Waals surface area (Å²) in [5.74, 6) is -0.112. The molecule has 0 aliphatic carbocycles. The monoisotopic (exact) mass is 514 g/mol. The van der Waals surface area contributed by atoms with Gasteiger partial charge in [-0.25, -0.2) is 4.79 Å². The highest BCUT2D eigenvalue weighted by Crippen LogP contribution is 2.37. The van der Waals surface area contributed by atoms with Gasteiger partial charge in [-0.3, -0.25) is 15.1 Å². The van der Waals surface area contributed by atoms with E-state index in [0.29, 0.717) is 12.1 Å². The van der Waals surface area contributed by atoms with Crippen LogP contribution in [-0.4, -0.2) is 23.0 Å². The van der Waals surface area contributed by atoms with Gasteiger partial charge in [0, 0.05) is 12.3 Å². The molecule has 1 heterocycles. The van der Waals surface area contributed by atoms with Crippen molar-refractivity contribution >= 4 is 17.4 Å². The number of nitro benzene ring substituents is 1. The minimum atomic E-state index is -4.88. The summed E-state index contributed by atoms with van der Waals surface area (Å²) < 4.78 is 84.8. The molecule has 0 saturated carbocycles. The molecule has 0 unspecified atom stereocenters. The Morgan fingerprint density at radius 1 is 1.03 bits per heavy atom. The van der Waals surface area contributed by atoms with Gasteiger partial charge in [-0.1, -0.05) is 12.1 Å². The number of alkyl halides is 6. The number of rotatable bonds is 6. The maximum absolute atomic E-state index is 13.6. The lowest BCUT2D eigenvalue weighted by molar-refractivity contribution is -0.384. The third-order valence-corrected chi connectivity index (χ3v) is 4.91. The molecule has 190 valence electrons. The van der Waals surface area contributed by atoms with Crippen LogP contribution in [0.3, 0.4) is 0 Å². The summed E-state index contributed by atoms with van der Waals surface area (Å²) in [6.45, 7) is 0. The lowest BCUT2D eigenvalue weighted by Gasteiger charge is -2.23. The highest BCUT2D eigenvalue weighted by molar-refractivity contribution is 5.91. The van der Waals surface area contributed by atoms with Crippen molar-refractivity contribution in [2.75, 3.05) is 12.4 Å². The number of hydrogen-bond donors (Lipinski definition) is 2. The van der Waals surface area contributed by atoms with Crippen LogP contribution in [0.5, 0.6) is 5.75 Å². The fourth-order valence-corrected chi connectivity index (χ4v) is 3.25. The second-order valence-electron chi connectivity index (χ2n) is 7.23. The molecule has 1 aromatic heterocycles. The number of nitrogens with zero attached hydrogens (tertiary/aromatic N) is 2. The fourth-order valence-electron chi connectivity index (χ4n) is 3.25. The Bertz CT molecular complexity index is 1260. The Hall–Kier alpha value is -4.36. The molecular weight excluding hydrogens is 498 g/mol. The Kier molecular flexibility index (Phi) is 7.36.